The van der Waals surface area contributed by atoms with Crippen LogP contribution in [0, 0.1) is 11.6 Å². The second kappa shape index (κ2) is 6.45. The molecular formula is C16H19F2N3O2. The van der Waals surface area contributed by atoms with Gasteiger partial charge in [0.25, 0.3) is 5.91 Å². The molecule has 7 heteroatoms. The summed E-state index contributed by atoms with van der Waals surface area (Å²) in [6.45, 7) is 5.60. The number of nitrogens with zero attached hydrogens (tertiary/aromatic N) is 3. The molecule has 0 spiro atoms. The third-order valence-corrected chi connectivity index (χ3v) is 3.23. The van der Waals surface area contributed by atoms with Crippen molar-refractivity contribution in [1.82, 2.24) is 14.7 Å². The van der Waals surface area contributed by atoms with Gasteiger partial charge >= 0.3 is 0 Å². The number of hydrogen-bond acceptors (Lipinski definition) is 3. The number of carbonyl (C=O) groups excluding carboxylic acids is 1. The molecule has 0 aliphatic carbocycles. The number of aromatic nitrogens is 2. The van der Waals surface area contributed by atoms with Crippen LogP contribution in [0.3, 0.4) is 0 Å². The third kappa shape index (κ3) is 4.13. The predicted molar refractivity (Wildman–Crippen MR) is 81.4 cm³/mol. The van der Waals surface area contributed by atoms with E-state index in [1.807, 2.05) is 0 Å². The van der Waals surface area contributed by atoms with E-state index in [2.05, 4.69) is 5.10 Å². The van der Waals surface area contributed by atoms with E-state index in [1.54, 1.807) is 20.8 Å². The topological polar surface area (TPSA) is 58.4 Å². The molecule has 0 atom stereocenters. The van der Waals surface area contributed by atoms with Gasteiger partial charge in [-0.05, 0) is 32.9 Å². The first-order valence-electron chi connectivity index (χ1n) is 7.23. The Morgan fingerprint density at radius 2 is 2.09 bits per heavy atom. The Morgan fingerprint density at radius 1 is 1.39 bits per heavy atom. The fourth-order valence-corrected chi connectivity index (χ4v) is 2.21. The van der Waals surface area contributed by atoms with Gasteiger partial charge in [0.1, 0.15) is 11.5 Å². The Balaban J connectivity index is 2.25. The largest absolute Gasteiger partial charge is 0.389 e. The zero-order valence-corrected chi connectivity index (χ0v) is 13.3. The van der Waals surface area contributed by atoms with Crippen LogP contribution in [0.15, 0.2) is 30.6 Å². The molecule has 0 radical (unpaired) electrons. The van der Waals surface area contributed by atoms with E-state index in [4.69, 9.17) is 0 Å². The first-order valence-corrected chi connectivity index (χ1v) is 7.23. The monoisotopic (exact) mass is 323 g/mol. The lowest BCUT2D eigenvalue weighted by Gasteiger charge is -2.27. The van der Waals surface area contributed by atoms with Crippen molar-refractivity contribution in [2.45, 2.75) is 26.4 Å². The molecule has 0 aliphatic rings. The number of halogens is 2. The number of carbonyl (C=O) groups is 1. The molecule has 0 saturated heterocycles. The van der Waals surface area contributed by atoms with Gasteiger partial charge < -0.3 is 10.0 Å². The van der Waals surface area contributed by atoms with Crippen LogP contribution >= 0.6 is 0 Å². The van der Waals surface area contributed by atoms with Gasteiger partial charge in [-0.25, -0.2) is 13.5 Å². The molecule has 1 heterocycles. The maximum Gasteiger partial charge on any atom is 0.257 e. The molecule has 0 unspecified atom stereocenters. The van der Waals surface area contributed by atoms with Crippen molar-refractivity contribution in [3.63, 3.8) is 0 Å². The minimum Gasteiger partial charge on any atom is -0.389 e. The van der Waals surface area contributed by atoms with Gasteiger partial charge in [-0.2, -0.15) is 5.10 Å². The molecule has 124 valence electrons. The van der Waals surface area contributed by atoms with Crippen LogP contribution in [0.2, 0.25) is 0 Å². The fourth-order valence-electron chi connectivity index (χ4n) is 2.21. The van der Waals surface area contributed by atoms with Crippen LogP contribution < -0.4 is 0 Å². The van der Waals surface area contributed by atoms with Crippen molar-refractivity contribution in [3.8, 4) is 5.69 Å². The number of aliphatic hydroxyl groups is 1. The Morgan fingerprint density at radius 3 is 2.65 bits per heavy atom. The molecule has 23 heavy (non-hydrogen) atoms. The summed E-state index contributed by atoms with van der Waals surface area (Å²) in [4.78, 5) is 13.9. The first-order chi connectivity index (χ1) is 10.7. The molecule has 0 aliphatic heterocycles. The Kier molecular flexibility index (Phi) is 4.79. The molecule has 1 N–H and O–H groups in total. The molecule has 1 aromatic heterocycles. The highest BCUT2D eigenvalue weighted by Gasteiger charge is 2.23. The summed E-state index contributed by atoms with van der Waals surface area (Å²) in [5, 5.41) is 13.8. The summed E-state index contributed by atoms with van der Waals surface area (Å²) in [5.74, 6) is -1.77. The maximum absolute atomic E-state index is 13.8. The van der Waals surface area contributed by atoms with Gasteiger partial charge in [0.05, 0.1) is 17.4 Å². The normalized spacial score (nSPS) is 11.6. The molecule has 0 saturated carbocycles. The third-order valence-electron chi connectivity index (χ3n) is 3.23. The van der Waals surface area contributed by atoms with Crippen molar-refractivity contribution in [2.75, 3.05) is 13.1 Å². The lowest BCUT2D eigenvalue weighted by atomic mass is 10.1. The second-order valence-corrected chi connectivity index (χ2v) is 5.90. The van der Waals surface area contributed by atoms with Crippen LogP contribution in [-0.2, 0) is 0 Å². The molecule has 0 fully saturated rings. The highest BCUT2D eigenvalue weighted by Crippen LogP contribution is 2.16. The van der Waals surface area contributed by atoms with Crippen LogP contribution in [0.1, 0.15) is 31.1 Å². The Labute approximate surface area is 133 Å². The Hall–Kier alpha value is -2.28. The van der Waals surface area contributed by atoms with Crippen molar-refractivity contribution >= 4 is 5.91 Å². The molecule has 1 amide bonds. The fraction of sp³-hybridized carbons (Fsp3) is 0.375. The lowest BCUT2D eigenvalue weighted by molar-refractivity contribution is 0.0314. The van der Waals surface area contributed by atoms with E-state index >= 15 is 0 Å². The smallest absolute Gasteiger partial charge is 0.257 e. The lowest BCUT2D eigenvalue weighted by Crippen LogP contribution is -2.42. The average molecular weight is 323 g/mol. The average Bonchev–Trinajstić information content (AvgIpc) is 2.92. The van der Waals surface area contributed by atoms with E-state index in [0.29, 0.717) is 6.54 Å². The minimum absolute atomic E-state index is 0.0518. The molecule has 5 nitrogen and oxygen atoms in total. The van der Waals surface area contributed by atoms with E-state index in [1.165, 1.54) is 28.0 Å². The SMILES string of the molecule is CCN(CC(C)(C)O)C(=O)c1cnn(-c2ccc(F)cc2F)c1. The van der Waals surface area contributed by atoms with Gasteiger partial charge in [0.2, 0.25) is 0 Å². The van der Waals surface area contributed by atoms with Crippen molar-refractivity contribution in [3.05, 3.63) is 47.8 Å². The Bertz CT molecular complexity index is 708. The number of hydrogen-bond donors (Lipinski definition) is 1. The van der Waals surface area contributed by atoms with Crippen LogP contribution in [0.25, 0.3) is 5.69 Å². The summed E-state index contributed by atoms with van der Waals surface area (Å²) in [7, 11) is 0. The van der Waals surface area contributed by atoms with Gasteiger partial charge in [-0.3, -0.25) is 4.79 Å². The van der Waals surface area contributed by atoms with E-state index in [0.717, 1.165) is 12.1 Å². The number of rotatable bonds is 5. The van der Waals surface area contributed by atoms with Crippen molar-refractivity contribution < 1.29 is 18.7 Å². The van der Waals surface area contributed by atoms with Crippen molar-refractivity contribution in [2.24, 2.45) is 0 Å². The summed E-state index contributed by atoms with van der Waals surface area (Å²) < 4.78 is 27.9. The molecule has 2 aromatic rings. The number of amides is 1. The first kappa shape index (κ1) is 17.1. The van der Waals surface area contributed by atoms with E-state index in [-0.39, 0.29) is 23.7 Å². The van der Waals surface area contributed by atoms with Gasteiger partial charge in [0, 0.05) is 25.4 Å². The highest BCUT2D eigenvalue weighted by atomic mass is 19.1. The van der Waals surface area contributed by atoms with Crippen LogP contribution in [0.4, 0.5) is 8.78 Å². The molecule has 2 rings (SSSR count). The molecule has 1 aromatic carbocycles. The zero-order chi connectivity index (χ0) is 17.2. The standard InChI is InChI=1S/C16H19F2N3O2/c1-4-20(10-16(2,3)23)15(22)11-8-19-21(9-11)14-6-5-12(17)7-13(14)18/h5-9,23H,4,10H2,1-3H3. The van der Waals surface area contributed by atoms with Crippen LogP contribution in [-0.4, -0.2) is 44.4 Å². The maximum atomic E-state index is 13.8. The van der Waals surface area contributed by atoms with E-state index in [9.17, 15) is 18.7 Å². The van der Waals surface area contributed by atoms with Gasteiger partial charge in [-0.15, -0.1) is 0 Å². The summed E-state index contributed by atoms with van der Waals surface area (Å²) in [6.07, 6.45) is 2.70. The summed E-state index contributed by atoms with van der Waals surface area (Å²) >= 11 is 0. The number of likely N-dealkylation sites (N-methyl/N-ethyl adjacent to an activating group) is 1. The van der Waals surface area contributed by atoms with Crippen molar-refractivity contribution in [1.29, 1.82) is 0 Å². The molecule has 0 bridgehead atoms. The van der Waals surface area contributed by atoms with Gasteiger partial charge in [0.15, 0.2) is 5.82 Å². The van der Waals surface area contributed by atoms with Gasteiger partial charge in [-0.1, -0.05) is 0 Å². The zero-order valence-electron chi connectivity index (χ0n) is 13.3. The summed E-state index contributed by atoms with van der Waals surface area (Å²) in [6, 6.07) is 3.12. The number of benzene rings is 1. The highest BCUT2D eigenvalue weighted by molar-refractivity contribution is 5.93. The minimum atomic E-state index is -1.02. The predicted octanol–water partition coefficient (Wildman–Crippen LogP) is 2.38. The van der Waals surface area contributed by atoms with E-state index < -0.39 is 17.2 Å². The quantitative estimate of drug-likeness (QED) is 0.919. The second-order valence-electron chi connectivity index (χ2n) is 5.90. The summed E-state index contributed by atoms with van der Waals surface area (Å²) in [5.41, 5.74) is -0.708. The van der Waals surface area contributed by atoms with Crippen LogP contribution in [0.5, 0.6) is 0 Å². The molecular weight excluding hydrogens is 304 g/mol.